The number of carboxylic acid groups (broad SMARTS) is 1. The molecular weight excluding hydrogens is 457 g/mol. The fourth-order valence-corrected chi connectivity index (χ4v) is 4.06. The van der Waals surface area contributed by atoms with Gasteiger partial charge in [-0.3, -0.25) is 14.5 Å². The van der Waals surface area contributed by atoms with Crippen LogP contribution >= 0.6 is 47.2 Å². The fourth-order valence-electron chi connectivity index (χ4n) is 2.48. The number of thiocarbonyl (C=S) groups is 1. The second-order valence-electron chi connectivity index (χ2n) is 6.00. The molecule has 10 heteroatoms. The van der Waals surface area contributed by atoms with Crippen LogP contribution in [0.5, 0.6) is 5.75 Å². The van der Waals surface area contributed by atoms with E-state index in [9.17, 15) is 9.59 Å². The van der Waals surface area contributed by atoms with E-state index in [1.165, 1.54) is 4.90 Å². The van der Waals surface area contributed by atoms with Crippen LogP contribution in [0.2, 0.25) is 10.0 Å². The van der Waals surface area contributed by atoms with Gasteiger partial charge >= 0.3 is 5.97 Å². The molecule has 0 bridgehead atoms. The number of benzene rings is 1. The van der Waals surface area contributed by atoms with Crippen molar-refractivity contribution in [3.05, 3.63) is 56.8 Å². The van der Waals surface area contributed by atoms with E-state index in [0.29, 0.717) is 43.0 Å². The summed E-state index contributed by atoms with van der Waals surface area (Å²) >= 11 is 18.2. The summed E-state index contributed by atoms with van der Waals surface area (Å²) in [6.45, 7) is 0.456. The first-order valence-electron chi connectivity index (χ1n) is 8.47. The number of amides is 1. The number of carbonyl (C=O) groups excluding carboxylic acids is 1. The number of nitrogens with zero attached hydrogens (tertiary/aromatic N) is 1. The average Bonchev–Trinajstić information content (AvgIpc) is 3.22. The Kier molecular flexibility index (Phi) is 7.23. The Morgan fingerprint density at radius 3 is 2.79 bits per heavy atom. The van der Waals surface area contributed by atoms with E-state index >= 15 is 0 Å². The number of furan rings is 1. The molecule has 0 atom stereocenters. The predicted octanol–water partition coefficient (Wildman–Crippen LogP) is 5.23. The van der Waals surface area contributed by atoms with Crippen LogP contribution in [0.3, 0.4) is 0 Å². The van der Waals surface area contributed by atoms with Gasteiger partial charge in [0.1, 0.15) is 28.2 Å². The number of ether oxygens (including phenoxy) is 1. The lowest BCUT2D eigenvalue weighted by Gasteiger charge is -2.13. The van der Waals surface area contributed by atoms with Gasteiger partial charge in [0, 0.05) is 25.1 Å². The molecule has 0 saturated carbocycles. The largest absolute Gasteiger partial charge is 0.486 e. The normalized spacial score (nSPS) is 15.4. The summed E-state index contributed by atoms with van der Waals surface area (Å²) in [5, 5.41) is 9.56. The number of hydrogen-bond acceptors (Lipinski definition) is 6. The Bertz CT molecular complexity index is 989. The summed E-state index contributed by atoms with van der Waals surface area (Å²) in [4.78, 5) is 25.0. The maximum absolute atomic E-state index is 12.5. The first-order chi connectivity index (χ1) is 13.8. The van der Waals surface area contributed by atoms with E-state index in [1.807, 2.05) is 0 Å². The van der Waals surface area contributed by atoms with Gasteiger partial charge < -0.3 is 14.3 Å². The van der Waals surface area contributed by atoms with Crippen LogP contribution in [-0.2, 0) is 16.2 Å². The summed E-state index contributed by atoms with van der Waals surface area (Å²) in [5.41, 5.74) is 0. The van der Waals surface area contributed by atoms with E-state index < -0.39 is 5.97 Å². The monoisotopic (exact) mass is 471 g/mol. The molecule has 1 aromatic heterocycles. The Morgan fingerprint density at radius 2 is 2.07 bits per heavy atom. The van der Waals surface area contributed by atoms with E-state index in [1.54, 1.807) is 36.4 Å². The zero-order valence-electron chi connectivity index (χ0n) is 14.9. The molecule has 1 aromatic carbocycles. The number of carbonyl (C=O) groups is 2. The Morgan fingerprint density at radius 1 is 1.28 bits per heavy atom. The van der Waals surface area contributed by atoms with Crippen molar-refractivity contribution in [3.63, 3.8) is 0 Å². The molecule has 2 heterocycles. The number of thioether (sulfide) groups is 1. The van der Waals surface area contributed by atoms with E-state index in [2.05, 4.69) is 0 Å². The second kappa shape index (κ2) is 9.67. The zero-order chi connectivity index (χ0) is 21.0. The van der Waals surface area contributed by atoms with Crippen molar-refractivity contribution >= 4 is 69.5 Å². The molecule has 3 rings (SSSR count). The SMILES string of the molecule is O=C(O)CCCN1C(=O)C(=Cc2ccc(COc3ccc(Cl)c(Cl)c3)o2)SC1=S. The van der Waals surface area contributed by atoms with Crippen molar-refractivity contribution in [2.45, 2.75) is 19.4 Å². The first kappa shape index (κ1) is 21.7. The minimum absolute atomic E-state index is 0.0174. The molecule has 1 aliphatic rings. The number of carboxylic acids is 1. The van der Waals surface area contributed by atoms with Gasteiger partial charge in [-0.25, -0.2) is 0 Å². The maximum Gasteiger partial charge on any atom is 0.303 e. The summed E-state index contributed by atoms with van der Waals surface area (Å²) in [6.07, 6.45) is 1.93. The van der Waals surface area contributed by atoms with E-state index in [-0.39, 0.29) is 25.5 Å². The molecule has 1 N–H and O–H groups in total. The highest BCUT2D eigenvalue weighted by Crippen LogP contribution is 2.33. The van der Waals surface area contributed by atoms with Gasteiger partial charge in [0.15, 0.2) is 0 Å². The van der Waals surface area contributed by atoms with Crippen LogP contribution in [0.4, 0.5) is 0 Å². The van der Waals surface area contributed by atoms with Crippen LogP contribution in [0.15, 0.2) is 39.7 Å². The van der Waals surface area contributed by atoms with Crippen molar-refractivity contribution in [2.75, 3.05) is 6.54 Å². The highest BCUT2D eigenvalue weighted by atomic mass is 35.5. The van der Waals surface area contributed by atoms with Gasteiger partial charge in [-0.05, 0) is 30.7 Å². The van der Waals surface area contributed by atoms with Crippen molar-refractivity contribution in [1.82, 2.24) is 4.90 Å². The molecule has 0 radical (unpaired) electrons. The smallest absolute Gasteiger partial charge is 0.303 e. The molecule has 0 aliphatic carbocycles. The molecule has 29 heavy (non-hydrogen) atoms. The van der Waals surface area contributed by atoms with Crippen LogP contribution in [0, 0.1) is 0 Å². The van der Waals surface area contributed by atoms with Gasteiger partial charge in [0.05, 0.1) is 15.0 Å². The topological polar surface area (TPSA) is 80.0 Å². The van der Waals surface area contributed by atoms with Crippen molar-refractivity contribution in [1.29, 1.82) is 0 Å². The van der Waals surface area contributed by atoms with Crippen LogP contribution < -0.4 is 4.74 Å². The molecule has 152 valence electrons. The Labute approximate surface area is 186 Å². The maximum atomic E-state index is 12.5. The molecule has 0 spiro atoms. The van der Waals surface area contributed by atoms with Gasteiger partial charge in [-0.15, -0.1) is 0 Å². The van der Waals surface area contributed by atoms with Crippen molar-refractivity contribution in [2.24, 2.45) is 0 Å². The van der Waals surface area contributed by atoms with E-state index in [0.717, 1.165) is 11.8 Å². The molecule has 1 fully saturated rings. The van der Waals surface area contributed by atoms with Crippen molar-refractivity contribution in [3.8, 4) is 5.75 Å². The van der Waals surface area contributed by atoms with Gasteiger partial charge in [-0.1, -0.05) is 47.2 Å². The predicted molar refractivity (Wildman–Crippen MR) is 116 cm³/mol. The minimum atomic E-state index is -0.905. The van der Waals surface area contributed by atoms with Crippen molar-refractivity contribution < 1.29 is 23.8 Å². The third-order valence-electron chi connectivity index (χ3n) is 3.87. The quantitative estimate of drug-likeness (QED) is 0.416. The summed E-state index contributed by atoms with van der Waals surface area (Å²) in [5.74, 6) is 0.454. The standard InChI is InChI=1S/C19H15Cl2NO5S2/c20-14-6-5-11(8-15(14)21)26-10-13-4-3-12(27-13)9-16-18(25)22(19(28)29-16)7-1-2-17(23)24/h3-6,8-9H,1-2,7,10H2,(H,23,24). The first-order valence-corrected chi connectivity index (χ1v) is 10.5. The lowest BCUT2D eigenvalue weighted by molar-refractivity contribution is -0.137. The molecular formula is C19H15Cl2NO5S2. The molecule has 6 nitrogen and oxygen atoms in total. The van der Waals surface area contributed by atoms with Gasteiger partial charge in [-0.2, -0.15) is 0 Å². The summed E-state index contributed by atoms with van der Waals surface area (Å²) in [6, 6.07) is 8.43. The lowest BCUT2D eigenvalue weighted by Crippen LogP contribution is -2.29. The molecule has 0 unspecified atom stereocenters. The third kappa shape index (κ3) is 5.76. The Balaban J connectivity index is 1.60. The van der Waals surface area contributed by atoms with Crippen LogP contribution in [-0.4, -0.2) is 32.7 Å². The number of halogens is 2. The summed E-state index contributed by atoms with van der Waals surface area (Å²) in [7, 11) is 0. The number of hydrogen-bond donors (Lipinski definition) is 1. The third-order valence-corrected chi connectivity index (χ3v) is 5.99. The Hall–Kier alpha value is -2.00. The summed E-state index contributed by atoms with van der Waals surface area (Å²) < 4.78 is 11.7. The van der Waals surface area contributed by atoms with Gasteiger partial charge in [0.25, 0.3) is 5.91 Å². The molecule has 1 amide bonds. The number of aliphatic carboxylic acids is 1. The van der Waals surface area contributed by atoms with Crippen LogP contribution in [0.1, 0.15) is 24.4 Å². The molecule has 1 saturated heterocycles. The molecule has 2 aromatic rings. The fraction of sp³-hybridized carbons (Fsp3) is 0.211. The number of rotatable bonds is 8. The highest BCUT2D eigenvalue weighted by Gasteiger charge is 2.31. The highest BCUT2D eigenvalue weighted by molar-refractivity contribution is 8.26. The second-order valence-corrected chi connectivity index (χ2v) is 8.49. The lowest BCUT2D eigenvalue weighted by atomic mass is 10.3. The zero-order valence-corrected chi connectivity index (χ0v) is 18.0. The van der Waals surface area contributed by atoms with Crippen LogP contribution in [0.25, 0.3) is 6.08 Å². The van der Waals surface area contributed by atoms with Gasteiger partial charge in [0.2, 0.25) is 0 Å². The molecule has 1 aliphatic heterocycles. The minimum Gasteiger partial charge on any atom is -0.486 e. The average molecular weight is 472 g/mol. The van der Waals surface area contributed by atoms with E-state index in [4.69, 9.17) is 49.7 Å².